The van der Waals surface area contributed by atoms with Gasteiger partial charge in [-0.3, -0.25) is 4.98 Å². The number of hydrogen-bond acceptors (Lipinski definition) is 1. The first kappa shape index (κ1) is 8.69. The van der Waals surface area contributed by atoms with E-state index in [0.29, 0.717) is 0 Å². The lowest BCUT2D eigenvalue weighted by Gasteiger charge is -1.89. The summed E-state index contributed by atoms with van der Waals surface area (Å²) in [5, 5.41) is 0. The highest BCUT2D eigenvalue weighted by Crippen LogP contribution is 2.01. The van der Waals surface area contributed by atoms with Crippen LogP contribution >= 0.6 is 0 Å². The van der Waals surface area contributed by atoms with E-state index < -0.39 is 0 Å². The van der Waals surface area contributed by atoms with Gasteiger partial charge in [-0.1, -0.05) is 6.07 Å². The Labute approximate surface area is 82.8 Å². The first-order chi connectivity index (χ1) is 6.86. The van der Waals surface area contributed by atoms with E-state index in [1.807, 2.05) is 54.5 Å². The summed E-state index contributed by atoms with van der Waals surface area (Å²) in [4.78, 5) is 7.17. The molecule has 0 spiro atoms. The number of aromatic amines is 1. The van der Waals surface area contributed by atoms with Crippen LogP contribution in [0.5, 0.6) is 0 Å². The molecule has 0 saturated carbocycles. The van der Waals surface area contributed by atoms with Gasteiger partial charge < -0.3 is 0 Å². The lowest BCUT2D eigenvalue weighted by Crippen LogP contribution is -2.28. The molecule has 0 aliphatic carbocycles. The van der Waals surface area contributed by atoms with Gasteiger partial charge in [0.05, 0.1) is 7.05 Å². The van der Waals surface area contributed by atoms with Crippen LogP contribution in [0.25, 0.3) is 12.2 Å². The van der Waals surface area contributed by atoms with E-state index in [1.165, 1.54) is 0 Å². The smallest absolute Gasteiger partial charge is 0.264 e. The Hall–Kier alpha value is -1.90. The van der Waals surface area contributed by atoms with Crippen LogP contribution in [-0.4, -0.2) is 9.97 Å². The summed E-state index contributed by atoms with van der Waals surface area (Å²) in [5.41, 5.74) is 1.10. The molecule has 2 aromatic heterocycles. The third-order valence-electron chi connectivity index (χ3n) is 2.03. The van der Waals surface area contributed by atoms with Crippen LogP contribution in [0.15, 0.2) is 36.9 Å². The quantitative estimate of drug-likeness (QED) is 0.706. The van der Waals surface area contributed by atoms with Crippen LogP contribution < -0.4 is 4.57 Å². The second-order valence-electron chi connectivity index (χ2n) is 3.08. The third kappa shape index (κ3) is 1.88. The minimum absolute atomic E-state index is 1.06. The lowest BCUT2D eigenvalue weighted by molar-refractivity contribution is -0.671. The van der Waals surface area contributed by atoms with Crippen molar-refractivity contribution >= 4 is 12.2 Å². The standard InChI is InChI=1S/C11H11N3/c1-14-8-7-13-11(14)5-4-10-3-2-6-12-9-10/h2-9H,1H3/p+1/b5-4+. The predicted octanol–water partition coefficient (Wildman–Crippen LogP) is 1.40. The Morgan fingerprint density at radius 2 is 2.36 bits per heavy atom. The molecule has 3 heteroatoms. The Morgan fingerprint density at radius 1 is 1.43 bits per heavy atom. The van der Waals surface area contributed by atoms with Crippen molar-refractivity contribution in [2.75, 3.05) is 0 Å². The van der Waals surface area contributed by atoms with Crippen LogP contribution in [0.4, 0.5) is 0 Å². The van der Waals surface area contributed by atoms with Gasteiger partial charge in [0, 0.05) is 18.5 Å². The molecule has 0 unspecified atom stereocenters. The van der Waals surface area contributed by atoms with Crippen molar-refractivity contribution in [2.45, 2.75) is 0 Å². The van der Waals surface area contributed by atoms with Gasteiger partial charge in [-0.25, -0.2) is 9.55 Å². The topological polar surface area (TPSA) is 32.6 Å². The first-order valence-electron chi connectivity index (χ1n) is 4.47. The predicted molar refractivity (Wildman–Crippen MR) is 55.1 cm³/mol. The van der Waals surface area contributed by atoms with E-state index >= 15 is 0 Å². The van der Waals surface area contributed by atoms with Crippen molar-refractivity contribution in [3.05, 3.63) is 48.3 Å². The molecule has 0 aromatic carbocycles. The van der Waals surface area contributed by atoms with Crippen molar-refractivity contribution < 1.29 is 4.57 Å². The van der Waals surface area contributed by atoms with Crippen LogP contribution in [0, 0.1) is 0 Å². The molecular formula is C11H12N3+. The lowest BCUT2D eigenvalue weighted by atomic mass is 10.2. The van der Waals surface area contributed by atoms with Crippen molar-refractivity contribution in [3.63, 3.8) is 0 Å². The maximum Gasteiger partial charge on any atom is 0.278 e. The average Bonchev–Trinajstić information content (AvgIpc) is 2.63. The fourth-order valence-corrected chi connectivity index (χ4v) is 1.23. The summed E-state index contributed by atoms with van der Waals surface area (Å²) in [7, 11) is 2.00. The van der Waals surface area contributed by atoms with Gasteiger partial charge in [-0.15, -0.1) is 0 Å². The zero-order valence-electron chi connectivity index (χ0n) is 8.01. The van der Waals surface area contributed by atoms with E-state index in [2.05, 4.69) is 9.97 Å². The monoisotopic (exact) mass is 186 g/mol. The molecule has 2 aromatic rings. The second-order valence-corrected chi connectivity index (χ2v) is 3.08. The summed E-state index contributed by atoms with van der Waals surface area (Å²) in [6.07, 6.45) is 11.5. The number of rotatable bonds is 2. The molecule has 0 atom stereocenters. The molecule has 0 aliphatic heterocycles. The summed E-state index contributed by atoms with van der Waals surface area (Å²) in [5.74, 6) is 1.06. The number of nitrogens with one attached hydrogen (secondary N) is 1. The van der Waals surface area contributed by atoms with Gasteiger partial charge in [-0.05, 0) is 17.7 Å². The molecule has 0 aliphatic rings. The molecule has 0 saturated heterocycles. The molecule has 3 nitrogen and oxygen atoms in total. The summed E-state index contributed by atoms with van der Waals surface area (Å²) in [6.45, 7) is 0. The molecule has 14 heavy (non-hydrogen) atoms. The molecule has 70 valence electrons. The normalized spacial score (nSPS) is 10.9. The molecule has 0 bridgehead atoms. The number of hydrogen-bond donors (Lipinski definition) is 1. The van der Waals surface area contributed by atoms with Gasteiger partial charge in [0.1, 0.15) is 12.4 Å². The van der Waals surface area contributed by atoms with Crippen LogP contribution in [-0.2, 0) is 7.05 Å². The van der Waals surface area contributed by atoms with Gasteiger partial charge in [0.2, 0.25) is 0 Å². The van der Waals surface area contributed by atoms with Crippen molar-refractivity contribution in [1.82, 2.24) is 9.97 Å². The van der Waals surface area contributed by atoms with Gasteiger partial charge in [0.25, 0.3) is 5.82 Å². The number of aromatic nitrogens is 3. The fourth-order valence-electron chi connectivity index (χ4n) is 1.23. The zero-order valence-corrected chi connectivity index (χ0v) is 8.01. The largest absolute Gasteiger partial charge is 0.278 e. The molecule has 0 amide bonds. The minimum atomic E-state index is 1.06. The Bertz CT molecular complexity index is 429. The van der Waals surface area contributed by atoms with E-state index in [-0.39, 0.29) is 0 Å². The number of H-pyrrole nitrogens is 1. The highest BCUT2D eigenvalue weighted by molar-refractivity contribution is 5.64. The van der Waals surface area contributed by atoms with Gasteiger partial charge >= 0.3 is 0 Å². The van der Waals surface area contributed by atoms with Gasteiger partial charge in [-0.2, -0.15) is 0 Å². The number of nitrogens with zero attached hydrogens (tertiary/aromatic N) is 2. The van der Waals surface area contributed by atoms with E-state index in [4.69, 9.17) is 0 Å². The first-order valence-corrected chi connectivity index (χ1v) is 4.47. The van der Waals surface area contributed by atoms with Crippen LogP contribution in [0.2, 0.25) is 0 Å². The molecule has 0 radical (unpaired) electrons. The summed E-state index contributed by atoms with van der Waals surface area (Å²) < 4.78 is 2.02. The Kier molecular flexibility index (Phi) is 2.40. The molecule has 2 rings (SSSR count). The maximum absolute atomic E-state index is 4.04. The fraction of sp³-hybridized carbons (Fsp3) is 0.0909. The van der Waals surface area contributed by atoms with Gasteiger partial charge in [0.15, 0.2) is 0 Å². The van der Waals surface area contributed by atoms with Crippen LogP contribution in [0.3, 0.4) is 0 Å². The Morgan fingerprint density at radius 3 is 3.00 bits per heavy atom. The Balaban J connectivity index is 2.20. The number of pyridine rings is 1. The van der Waals surface area contributed by atoms with Crippen molar-refractivity contribution in [3.8, 4) is 0 Å². The molecule has 2 heterocycles. The van der Waals surface area contributed by atoms with Crippen molar-refractivity contribution in [1.29, 1.82) is 0 Å². The third-order valence-corrected chi connectivity index (χ3v) is 2.03. The highest BCUT2D eigenvalue weighted by atomic mass is 15.0. The van der Waals surface area contributed by atoms with E-state index in [1.54, 1.807) is 6.20 Å². The average molecular weight is 186 g/mol. The zero-order chi connectivity index (χ0) is 9.80. The summed E-state index contributed by atoms with van der Waals surface area (Å²) in [6, 6.07) is 3.95. The molecule has 0 fully saturated rings. The second kappa shape index (κ2) is 3.87. The molecular weight excluding hydrogens is 174 g/mol. The summed E-state index contributed by atoms with van der Waals surface area (Å²) >= 11 is 0. The molecule has 1 N–H and O–H groups in total. The van der Waals surface area contributed by atoms with Crippen LogP contribution in [0.1, 0.15) is 11.4 Å². The number of aryl methyl sites for hydroxylation is 1. The van der Waals surface area contributed by atoms with Crippen molar-refractivity contribution in [2.24, 2.45) is 7.05 Å². The van der Waals surface area contributed by atoms with E-state index in [9.17, 15) is 0 Å². The SMILES string of the molecule is C[n+]1cc[nH]c1/C=C/c1cccnc1. The maximum atomic E-state index is 4.04. The van der Waals surface area contributed by atoms with E-state index in [0.717, 1.165) is 11.4 Å². The number of imidazole rings is 1. The highest BCUT2D eigenvalue weighted by Gasteiger charge is 1.99. The minimum Gasteiger partial charge on any atom is -0.264 e.